The third-order valence-electron chi connectivity index (χ3n) is 6.23. The lowest BCUT2D eigenvalue weighted by Gasteiger charge is -2.27. The van der Waals surface area contributed by atoms with Gasteiger partial charge in [-0.2, -0.15) is 0 Å². The Morgan fingerprint density at radius 3 is 2.72 bits per heavy atom. The van der Waals surface area contributed by atoms with Crippen molar-refractivity contribution >= 4 is 0 Å². The standard InChI is InChI=1S/C24H31NO4/c1-28-23-9-7-17(13-21(23)26)15-25-11-12-29-22-10-8-19(14-20(22)16-25)24(27)18-5-3-2-4-6-18/h7-10,13-14,18,24,26-27H,2-6,11-12,15-16H2,1H3. The van der Waals surface area contributed by atoms with E-state index in [1.54, 1.807) is 19.2 Å². The highest BCUT2D eigenvalue weighted by atomic mass is 16.5. The summed E-state index contributed by atoms with van der Waals surface area (Å²) in [6.07, 6.45) is 5.56. The number of aliphatic hydroxyl groups is 1. The van der Waals surface area contributed by atoms with Gasteiger partial charge in [0.1, 0.15) is 12.4 Å². The van der Waals surface area contributed by atoms with E-state index in [4.69, 9.17) is 9.47 Å². The lowest BCUT2D eigenvalue weighted by molar-refractivity contribution is 0.0847. The molecule has 4 rings (SSSR count). The number of benzene rings is 2. The maximum atomic E-state index is 10.9. The Labute approximate surface area is 172 Å². The number of nitrogens with zero attached hydrogens (tertiary/aromatic N) is 1. The first-order valence-corrected chi connectivity index (χ1v) is 10.7. The number of hydrogen-bond acceptors (Lipinski definition) is 5. The highest BCUT2D eigenvalue weighted by Crippen LogP contribution is 2.36. The molecule has 1 aliphatic carbocycles. The zero-order chi connectivity index (χ0) is 20.2. The summed E-state index contributed by atoms with van der Waals surface area (Å²) in [6.45, 7) is 2.91. The Bertz CT molecular complexity index is 832. The molecule has 0 spiro atoms. The number of aromatic hydroxyl groups is 1. The van der Waals surface area contributed by atoms with Gasteiger partial charge >= 0.3 is 0 Å². The summed E-state index contributed by atoms with van der Waals surface area (Å²) in [4.78, 5) is 2.31. The van der Waals surface area contributed by atoms with Crippen molar-refractivity contribution in [2.45, 2.75) is 51.3 Å². The molecule has 0 saturated heterocycles. The number of methoxy groups -OCH3 is 1. The molecule has 2 aromatic rings. The zero-order valence-electron chi connectivity index (χ0n) is 17.1. The van der Waals surface area contributed by atoms with Crippen LogP contribution in [0.5, 0.6) is 17.2 Å². The van der Waals surface area contributed by atoms with Crippen molar-refractivity contribution in [1.82, 2.24) is 4.90 Å². The van der Waals surface area contributed by atoms with E-state index in [1.807, 2.05) is 18.2 Å². The van der Waals surface area contributed by atoms with Gasteiger partial charge < -0.3 is 19.7 Å². The average Bonchev–Trinajstić information content (AvgIpc) is 2.95. The molecule has 2 aliphatic rings. The predicted octanol–water partition coefficient (Wildman–Crippen LogP) is 4.41. The molecule has 1 unspecified atom stereocenters. The Morgan fingerprint density at radius 1 is 1.14 bits per heavy atom. The number of aliphatic hydroxyl groups excluding tert-OH is 1. The molecule has 1 aliphatic heterocycles. The summed E-state index contributed by atoms with van der Waals surface area (Å²) in [7, 11) is 1.55. The number of phenolic OH excluding ortho intramolecular Hbond substituents is 1. The average molecular weight is 398 g/mol. The maximum Gasteiger partial charge on any atom is 0.160 e. The molecule has 5 heteroatoms. The van der Waals surface area contributed by atoms with Crippen molar-refractivity contribution in [2.75, 3.05) is 20.3 Å². The molecule has 1 atom stereocenters. The van der Waals surface area contributed by atoms with Crippen LogP contribution in [0.3, 0.4) is 0 Å². The smallest absolute Gasteiger partial charge is 0.160 e. The summed E-state index contributed by atoms with van der Waals surface area (Å²) in [5.41, 5.74) is 3.15. The van der Waals surface area contributed by atoms with Crippen LogP contribution < -0.4 is 9.47 Å². The van der Waals surface area contributed by atoms with Gasteiger partial charge in [0, 0.05) is 25.2 Å². The molecule has 0 radical (unpaired) electrons. The van der Waals surface area contributed by atoms with Crippen LogP contribution >= 0.6 is 0 Å². The molecule has 2 N–H and O–H groups in total. The van der Waals surface area contributed by atoms with E-state index in [2.05, 4.69) is 11.0 Å². The SMILES string of the molecule is COc1ccc(CN2CCOc3ccc(C(O)C4CCCCC4)cc3C2)cc1O. The van der Waals surface area contributed by atoms with Gasteiger partial charge in [0.2, 0.25) is 0 Å². The molecular weight excluding hydrogens is 366 g/mol. The normalized spacial score (nSPS) is 19.1. The molecule has 29 heavy (non-hydrogen) atoms. The van der Waals surface area contributed by atoms with Crippen molar-refractivity contribution in [3.63, 3.8) is 0 Å². The number of ether oxygens (including phenoxy) is 2. The molecule has 156 valence electrons. The van der Waals surface area contributed by atoms with Crippen LogP contribution in [-0.4, -0.2) is 35.4 Å². The van der Waals surface area contributed by atoms with Gasteiger partial charge in [0.05, 0.1) is 13.2 Å². The summed E-state index contributed by atoms with van der Waals surface area (Å²) in [5.74, 6) is 1.92. The molecule has 5 nitrogen and oxygen atoms in total. The van der Waals surface area contributed by atoms with Gasteiger partial charge in [-0.25, -0.2) is 0 Å². The van der Waals surface area contributed by atoms with E-state index in [0.717, 1.165) is 54.9 Å². The van der Waals surface area contributed by atoms with Gasteiger partial charge in [-0.3, -0.25) is 4.90 Å². The monoisotopic (exact) mass is 397 g/mol. The number of rotatable bonds is 5. The fourth-order valence-electron chi connectivity index (χ4n) is 4.60. The van der Waals surface area contributed by atoms with Gasteiger partial charge in [0.25, 0.3) is 0 Å². The second-order valence-corrected chi connectivity index (χ2v) is 8.28. The topological polar surface area (TPSA) is 62.2 Å². The fourth-order valence-corrected chi connectivity index (χ4v) is 4.60. The Balaban J connectivity index is 1.49. The van der Waals surface area contributed by atoms with Crippen LogP contribution in [-0.2, 0) is 13.1 Å². The van der Waals surface area contributed by atoms with E-state index in [1.165, 1.54) is 19.3 Å². The number of phenols is 1. The van der Waals surface area contributed by atoms with E-state index in [0.29, 0.717) is 18.3 Å². The molecular formula is C24H31NO4. The summed E-state index contributed by atoms with van der Waals surface area (Å²) in [6, 6.07) is 11.7. The summed E-state index contributed by atoms with van der Waals surface area (Å²) < 4.78 is 11.1. The third-order valence-corrected chi connectivity index (χ3v) is 6.23. The van der Waals surface area contributed by atoms with Crippen LogP contribution in [0.1, 0.15) is 54.9 Å². The largest absolute Gasteiger partial charge is 0.504 e. The van der Waals surface area contributed by atoms with Crippen molar-refractivity contribution in [1.29, 1.82) is 0 Å². The van der Waals surface area contributed by atoms with Crippen LogP contribution in [0, 0.1) is 5.92 Å². The van der Waals surface area contributed by atoms with Gasteiger partial charge in [-0.05, 0) is 54.2 Å². The highest BCUT2D eigenvalue weighted by Gasteiger charge is 2.25. The number of hydrogen-bond donors (Lipinski definition) is 2. The lowest BCUT2D eigenvalue weighted by atomic mass is 9.82. The first kappa shape index (κ1) is 20.0. The molecule has 0 bridgehead atoms. The Morgan fingerprint density at radius 2 is 1.97 bits per heavy atom. The van der Waals surface area contributed by atoms with E-state index in [-0.39, 0.29) is 5.75 Å². The van der Waals surface area contributed by atoms with Crippen LogP contribution in [0.2, 0.25) is 0 Å². The molecule has 2 aromatic carbocycles. The zero-order valence-corrected chi connectivity index (χ0v) is 17.1. The van der Waals surface area contributed by atoms with Crippen LogP contribution in [0.15, 0.2) is 36.4 Å². The fraction of sp³-hybridized carbons (Fsp3) is 0.500. The maximum absolute atomic E-state index is 10.9. The molecule has 1 heterocycles. The minimum Gasteiger partial charge on any atom is -0.504 e. The molecule has 0 aromatic heterocycles. The third kappa shape index (κ3) is 4.68. The predicted molar refractivity (Wildman–Crippen MR) is 112 cm³/mol. The first-order valence-electron chi connectivity index (χ1n) is 10.7. The van der Waals surface area contributed by atoms with Gasteiger partial charge in [-0.1, -0.05) is 31.4 Å². The Hall–Kier alpha value is -2.24. The second kappa shape index (κ2) is 9.06. The lowest BCUT2D eigenvalue weighted by Crippen LogP contribution is -2.25. The van der Waals surface area contributed by atoms with E-state index < -0.39 is 6.10 Å². The number of fused-ring (bicyclic) bond motifs is 1. The van der Waals surface area contributed by atoms with Crippen LogP contribution in [0.25, 0.3) is 0 Å². The second-order valence-electron chi connectivity index (χ2n) is 8.28. The van der Waals surface area contributed by atoms with Crippen molar-refractivity contribution in [2.24, 2.45) is 5.92 Å². The minimum atomic E-state index is -0.393. The van der Waals surface area contributed by atoms with E-state index >= 15 is 0 Å². The van der Waals surface area contributed by atoms with Crippen LogP contribution in [0.4, 0.5) is 0 Å². The van der Waals surface area contributed by atoms with Gasteiger partial charge in [0.15, 0.2) is 11.5 Å². The van der Waals surface area contributed by atoms with Gasteiger partial charge in [-0.15, -0.1) is 0 Å². The summed E-state index contributed by atoms with van der Waals surface area (Å²) >= 11 is 0. The molecule has 0 amide bonds. The van der Waals surface area contributed by atoms with Crippen molar-refractivity contribution in [3.8, 4) is 17.2 Å². The quantitative estimate of drug-likeness (QED) is 0.783. The first-order chi connectivity index (χ1) is 14.1. The van der Waals surface area contributed by atoms with E-state index in [9.17, 15) is 10.2 Å². The van der Waals surface area contributed by atoms with Crippen molar-refractivity contribution in [3.05, 3.63) is 53.1 Å². The highest BCUT2D eigenvalue weighted by molar-refractivity contribution is 5.42. The Kier molecular flexibility index (Phi) is 6.26. The molecule has 1 fully saturated rings. The minimum absolute atomic E-state index is 0.161. The van der Waals surface area contributed by atoms with Crippen molar-refractivity contribution < 1.29 is 19.7 Å². The summed E-state index contributed by atoms with van der Waals surface area (Å²) in [5, 5.41) is 21.0. The molecule has 1 saturated carbocycles.